The highest BCUT2D eigenvalue weighted by Crippen LogP contribution is 2.41. The smallest absolute Gasteiger partial charge is 0.100 e. The van der Waals surface area contributed by atoms with Crippen LogP contribution in [0, 0.1) is 13.8 Å². The first kappa shape index (κ1) is 11.4. The molecule has 2 aromatic rings. The number of benzene rings is 1. The van der Waals surface area contributed by atoms with Crippen LogP contribution < -0.4 is 5.73 Å². The molecule has 0 radical (unpaired) electrons. The van der Waals surface area contributed by atoms with Crippen LogP contribution >= 0.6 is 0 Å². The van der Waals surface area contributed by atoms with E-state index in [1.165, 1.54) is 29.7 Å². The molecule has 0 saturated heterocycles. The average Bonchev–Trinajstić information content (AvgIpc) is 3.12. The van der Waals surface area contributed by atoms with E-state index >= 15 is 0 Å². The lowest BCUT2D eigenvalue weighted by Gasteiger charge is -2.08. The van der Waals surface area contributed by atoms with Gasteiger partial charge in [-0.2, -0.15) is 0 Å². The molecular formula is C14H18N4. The van der Waals surface area contributed by atoms with Gasteiger partial charge in [0, 0.05) is 12.5 Å². The molecule has 1 fully saturated rings. The standard InChI is InChI=1S/C14H18N4/c1-9-3-6-12(7-10(9)2)18-14(11-4-5-11)13(8-15)16-17-18/h3,6-7,11H,4-5,8,15H2,1-2H3. The Kier molecular flexibility index (Phi) is 2.67. The van der Waals surface area contributed by atoms with Crippen LogP contribution in [0.5, 0.6) is 0 Å². The lowest BCUT2D eigenvalue weighted by atomic mass is 10.1. The van der Waals surface area contributed by atoms with Gasteiger partial charge in [-0.25, -0.2) is 4.68 Å². The van der Waals surface area contributed by atoms with Crippen LogP contribution in [0.25, 0.3) is 5.69 Å². The molecule has 1 aromatic carbocycles. The van der Waals surface area contributed by atoms with E-state index in [-0.39, 0.29) is 0 Å². The predicted molar refractivity (Wildman–Crippen MR) is 70.7 cm³/mol. The molecule has 2 N–H and O–H groups in total. The molecule has 94 valence electrons. The summed E-state index contributed by atoms with van der Waals surface area (Å²) in [7, 11) is 0. The highest BCUT2D eigenvalue weighted by Gasteiger charge is 2.31. The van der Waals surface area contributed by atoms with Crippen molar-refractivity contribution < 1.29 is 0 Å². The normalized spacial score (nSPS) is 15.1. The number of hydrogen-bond acceptors (Lipinski definition) is 3. The third-order valence-electron chi connectivity index (χ3n) is 3.67. The van der Waals surface area contributed by atoms with Crippen molar-refractivity contribution >= 4 is 0 Å². The molecule has 4 nitrogen and oxygen atoms in total. The highest BCUT2D eigenvalue weighted by atomic mass is 15.4. The molecule has 18 heavy (non-hydrogen) atoms. The Morgan fingerprint density at radius 2 is 2.06 bits per heavy atom. The zero-order valence-electron chi connectivity index (χ0n) is 10.8. The fourth-order valence-corrected chi connectivity index (χ4v) is 2.28. The van der Waals surface area contributed by atoms with E-state index in [9.17, 15) is 0 Å². The van der Waals surface area contributed by atoms with Crippen LogP contribution in [-0.2, 0) is 6.54 Å². The quantitative estimate of drug-likeness (QED) is 0.897. The summed E-state index contributed by atoms with van der Waals surface area (Å²) in [4.78, 5) is 0. The molecule has 1 aliphatic carbocycles. The second-order valence-electron chi connectivity index (χ2n) is 5.08. The van der Waals surface area contributed by atoms with Gasteiger partial charge in [-0.05, 0) is 49.9 Å². The van der Waals surface area contributed by atoms with Gasteiger partial charge in [0.05, 0.1) is 11.4 Å². The molecule has 1 aromatic heterocycles. The minimum atomic E-state index is 0.469. The van der Waals surface area contributed by atoms with Gasteiger partial charge in [-0.3, -0.25) is 0 Å². The maximum absolute atomic E-state index is 5.75. The monoisotopic (exact) mass is 242 g/mol. The summed E-state index contributed by atoms with van der Waals surface area (Å²) < 4.78 is 1.96. The predicted octanol–water partition coefficient (Wildman–Crippen LogP) is 2.22. The van der Waals surface area contributed by atoms with E-state index in [1.807, 2.05) is 4.68 Å². The van der Waals surface area contributed by atoms with Crippen molar-refractivity contribution in [1.29, 1.82) is 0 Å². The largest absolute Gasteiger partial charge is 0.325 e. The molecule has 3 rings (SSSR count). The minimum absolute atomic E-state index is 0.469. The fourth-order valence-electron chi connectivity index (χ4n) is 2.28. The van der Waals surface area contributed by atoms with E-state index in [0.717, 1.165) is 11.4 Å². The molecule has 4 heteroatoms. The van der Waals surface area contributed by atoms with Gasteiger partial charge >= 0.3 is 0 Å². The van der Waals surface area contributed by atoms with Crippen molar-refractivity contribution in [2.24, 2.45) is 5.73 Å². The van der Waals surface area contributed by atoms with E-state index in [0.29, 0.717) is 12.5 Å². The van der Waals surface area contributed by atoms with Crippen molar-refractivity contribution in [3.8, 4) is 5.69 Å². The molecule has 0 bridgehead atoms. The van der Waals surface area contributed by atoms with E-state index < -0.39 is 0 Å². The molecule has 0 amide bonds. The van der Waals surface area contributed by atoms with Gasteiger partial charge in [0.25, 0.3) is 0 Å². The average molecular weight is 242 g/mol. The molecule has 0 unspecified atom stereocenters. The van der Waals surface area contributed by atoms with Gasteiger partial charge in [-0.1, -0.05) is 11.3 Å². The van der Waals surface area contributed by atoms with Gasteiger partial charge in [-0.15, -0.1) is 5.10 Å². The summed E-state index contributed by atoms with van der Waals surface area (Å²) in [5.41, 5.74) is 11.6. The molecule has 1 aliphatic rings. The van der Waals surface area contributed by atoms with Crippen molar-refractivity contribution in [2.45, 2.75) is 39.2 Å². The number of nitrogens with two attached hydrogens (primary N) is 1. The Morgan fingerprint density at radius 3 is 2.67 bits per heavy atom. The lowest BCUT2D eigenvalue weighted by Crippen LogP contribution is -2.05. The molecule has 1 saturated carbocycles. The second kappa shape index (κ2) is 4.21. The Labute approximate surface area is 107 Å². The maximum Gasteiger partial charge on any atom is 0.100 e. The Bertz CT molecular complexity index is 581. The zero-order valence-corrected chi connectivity index (χ0v) is 10.8. The van der Waals surface area contributed by atoms with Crippen LogP contribution in [-0.4, -0.2) is 15.0 Å². The molecule has 0 spiro atoms. The van der Waals surface area contributed by atoms with Crippen molar-refractivity contribution in [3.63, 3.8) is 0 Å². The first-order valence-electron chi connectivity index (χ1n) is 6.43. The van der Waals surface area contributed by atoms with Crippen LogP contribution in [0.3, 0.4) is 0 Å². The van der Waals surface area contributed by atoms with Crippen molar-refractivity contribution in [3.05, 3.63) is 40.7 Å². The summed E-state index contributed by atoms with van der Waals surface area (Å²) >= 11 is 0. The SMILES string of the molecule is Cc1ccc(-n2nnc(CN)c2C2CC2)cc1C. The Balaban J connectivity index is 2.10. The van der Waals surface area contributed by atoms with E-state index in [1.54, 1.807) is 0 Å². The topological polar surface area (TPSA) is 56.7 Å². The number of nitrogens with zero attached hydrogens (tertiary/aromatic N) is 3. The number of rotatable bonds is 3. The Hall–Kier alpha value is -1.68. The summed E-state index contributed by atoms with van der Waals surface area (Å²) in [5, 5.41) is 8.49. The third kappa shape index (κ3) is 1.82. The van der Waals surface area contributed by atoms with E-state index in [2.05, 4.69) is 42.4 Å². The lowest BCUT2D eigenvalue weighted by molar-refractivity contribution is 0.762. The third-order valence-corrected chi connectivity index (χ3v) is 3.67. The Morgan fingerprint density at radius 1 is 1.28 bits per heavy atom. The van der Waals surface area contributed by atoms with Crippen molar-refractivity contribution in [1.82, 2.24) is 15.0 Å². The van der Waals surface area contributed by atoms with Gasteiger partial charge in [0.1, 0.15) is 5.69 Å². The highest BCUT2D eigenvalue weighted by molar-refractivity contribution is 5.41. The summed E-state index contributed by atoms with van der Waals surface area (Å²) in [5.74, 6) is 0.597. The van der Waals surface area contributed by atoms with Crippen molar-refractivity contribution in [2.75, 3.05) is 0 Å². The van der Waals surface area contributed by atoms with E-state index in [4.69, 9.17) is 5.73 Å². The van der Waals surface area contributed by atoms with Gasteiger partial charge in [0.2, 0.25) is 0 Å². The molecule has 0 atom stereocenters. The number of aryl methyl sites for hydroxylation is 2. The molecule has 0 aliphatic heterocycles. The van der Waals surface area contributed by atoms with Gasteiger partial charge < -0.3 is 5.73 Å². The summed E-state index contributed by atoms with van der Waals surface area (Å²) in [6, 6.07) is 6.39. The van der Waals surface area contributed by atoms with Crippen LogP contribution in [0.1, 0.15) is 41.3 Å². The zero-order chi connectivity index (χ0) is 12.7. The molecule has 1 heterocycles. The van der Waals surface area contributed by atoms with Gasteiger partial charge in [0.15, 0.2) is 0 Å². The van der Waals surface area contributed by atoms with Crippen LogP contribution in [0.15, 0.2) is 18.2 Å². The van der Waals surface area contributed by atoms with Crippen LogP contribution in [0.2, 0.25) is 0 Å². The fraction of sp³-hybridized carbons (Fsp3) is 0.429. The molecular weight excluding hydrogens is 224 g/mol. The summed E-state index contributed by atoms with van der Waals surface area (Å²) in [6.07, 6.45) is 2.45. The minimum Gasteiger partial charge on any atom is -0.325 e. The second-order valence-corrected chi connectivity index (χ2v) is 5.08. The number of hydrogen-bond donors (Lipinski definition) is 1. The number of aromatic nitrogens is 3. The summed E-state index contributed by atoms with van der Waals surface area (Å²) in [6.45, 7) is 4.71. The maximum atomic E-state index is 5.75. The van der Waals surface area contributed by atoms with Crippen LogP contribution in [0.4, 0.5) is 0 Å². The first-order valence-corrected chi connectivity index (χ1v) is 6.43. The first-order chi connectivity index (χ1) is 8.70.